The second-order valence-electron chi connectivity index (χ2n) is 7.29. The summed E-state index contributed by atoms with van der Waals surface area (Å²) in [5.41, 5.74) is -3.82. The molecule has 1 amide bonds. The lowest BCUT2D eigenvalue weighted by Crippen LogP contribution is -2.63. The third-order valence-corrected chi connectivity index (χ3v) is 6.18. The van der Waals surface area contributed by atoms with Crippen molar-refractivity contribution in [2.24, 2.45) is 0 Å². The molecule has 2 aromatic carbocycles. The molecule has 31 heavy (non-hydrogen) atoms. The van der Waals surface area contributed by atoms with Crippen LogP contribution in [0.2, 0.25) is 0 Å². The van der Waals surface area contributed by atoms with E-state index in [0.717, 1.165) is 20.0 Å². The van der Waals surface area contributed by atoms with Gasteiger partial charge in [0.05, 0.1) is 11.5 Å². The number of guanidine groups is 1. The number of nitrogens with zero attached hydrogens (tertiary/aromatic N) is 1. The highest BCUT2D eigenvalue weighted by atomic mass is 32.5. The SMILES string of the molecule is CN1C(=N)N[C@](C)(c2c(F)cc(F)cc2F)[C@@H](c2cccc(S(F)(F)(F)(F)F)c2)C1=O. The summed E-state index contributed by atoms with van der Waals surface area (Å²) in [5, 5.41) is 10.2. The average molecular weight is 473 g/mol. The summed E-state index contributed by atoms with van der Waals surface area (Å²) in [5.74, 6) is -7.88. The van der Waals surface area contributed by atoms with Gasteiger partial charge < -0.3 is 5.32 Å². The van der Waals surface area contributed by atoms with Gasteiger partial charge in [-0.25, -0.2) is 13.2 Å². The lowest BCUT2D eigenvalue weighted by molar-refractivity contribution is -0.131. The Morgan fingerprint density at radius 1 is 1.03 bits per heavy atom. The van der Waals surface area contributed by atoms with E-state index in [1.807, 2.05) is 0 Å². The minimum atomic E-state index is -10.1. The number of carbonyl (C=O) groups excluding carboxylic acids is 1. The molecule has 1 aliphatic heterocycles. The highest BCUT2D eigenvalue weighted by molar-refractivity contribution is 8.45. The smallest absolute Gasteiger partial charge is 0.310 e. The Hall–Kier alpha value is -2.83. The van der Waals surface area contributed by atoms with Crippen LogP contribution < -0.4 is 5.32 Å². The van der Waals surface area contributed by atoms with Gasteiger partial charge >= 0.3 is 10.2 Å². The van der Waals surface area contributed by atoms with Crippen molar-refractivity contribution < 1.29 is 37.4 Å². The van der Waals surface area contributed by atoms with E-state index in [0.29, 0.717) is 23.1 Å². The van der Waals surface area contributed by atoms with Gasteiger partial charge in [0.15, 0.2) is 5.96 Å². The molecule has 170 valence electrons. The molecule has 13 heteroatoms. The van der Waals surface area contributed by atoms with Crippen molar-refractivity contribution >= 4 is 22.1 Å². The van der Waals surface area contributed by atoms with Crippen LogP contribution in [0.5, 0.6) is 0 Å². The Kier molecular flexibility index (Phi) is 4.51. The summed E-state index contributed by atoms with van der Waals surface area (Å²) in [6.07, 6.45) is 0. The number of amides is 1. The van der Waals surface area contributed by atoms with Crippen LogP contribution in [0.3, 0.4) is 0 Å². The molecular formula is C18H15F8N3OS. The third-order valence-electron chi connectivity index (χ3n) is 5.03. The highest BCUT2D eigenvalue weighted by Crippen LogP contribution is 3.02. The molecule has 4 nitrogen and oxygen atoms in total. The monoisotopic (exact) mass is 473 g/mol. The molecule has 2 N–H and O–H groups in total. The summed E-state index contributed by atoms with van der Waals surface area (Å²) in [4.78, 5) is 11.3. The van der Waals surface area contributed by atoms with Crippen molar-refractivity contribution in [1.29, 1.82) is 5.41 Å². The Morgan fingerprint density at radius 2 is 1.58 bits per heavy atom. The van der Waals surface area contributed by atoms with Crippen molar-refractivity contribution in [1.82, 2.24) is 10.2 Å². The molecule has 1 aliphatic rings. The molecule has 0 radical (unpaired) electrons. The van der Waals surface area contributed by atoms with Crippen LogP contribution in [-0.4, -0.2) is 23.8 Å². The van der Waals surface area contributed by atoms with E-state index in [1.54, 1.807) is 0 Å². The number of nitrogens with one attached hydrogen (secondary N) is 2. The van der Waals surface area contributed by atoms with Crippen molar-refractivity contribution in [3.8, 4) is 0 Å². The molecule has 1 saturated heterocycles. The number of hydrogen-bond acceptors (Lipinski definition) is 2. The zero-order valence-corrected chi connectivity index (χ0v) is 16.6. The summed E-state index contributed by atoms with van der Waals surface area (Å²) in [6.45, 7) is 1.00. The van der Waals surface area contributed by atoms with Crippen LogP contribution in [0.15, 0.2) is 41.3 Å². The number of halogens is 8. The van der Waals surface area contributed by atoms with Crippen molar-refractivity contribution in [3.63, 3.8) is 0 Å². The van der Waals surface area contributed by atoms with Gasteiger partial charge in [0.1, 0.15) is 22.3 Å². The quantitative estimate of drug-likeness (QED) is 0.558. The molecule has 1 heterocycles. The number of likely N-dealkylation sites (N-methyl/N-ethyl adjacent to an activating group) is 1. The van der Waals surface area contributed by atoms with E-state index in [9.17, 15) is 37.4 Å². The Labute approximate surface area is 171 Å². The zero-order chi connectivity index (χ0) is 23.6. The lowest BCUT2D eigenvalue weighted by Gasteiger charge is -2.46. The summed E-state index contributed by atoms with van der Waals surface area (Å²) >= 11 is 0. The van der Waals surface area contributed by atoms with Crippen LogP contribution in [0, 0.1) is 22.9 Å². The van der Waals surface area contributed by atoms with Gasteiger partial charge in [0.2, 0.25) is 5.91 Å². The lowest BCUT2D eigenvalue weighted by atomic mass is 9.73. The average Bonchev–Trinajstić information content (AvgIpc) is 2.57. The molecule has 0 bridgehead atoms. The minimum Gasteiger partial charge on any atom is -0.345 e. The van der Waals surface area contributed by atoms with E-state index in [4.69, 9.17) is 5.41 Å². The predicted octanol–water partition coefficient (Wildman–Crippen LogP) is 5.76. The normalized spacial score (nSPS) is 24.5. The van der Waals surface area contributed by atoms with Crippen LogP contribution in [0.25, 0.3) is 0 Å². The second-order valence-corrected chi connectivity index (χ2v) is 9.70. The topological polar surface area (TPSA) is 56.2 Å². The Bertz CT molecular complexity index is 1100. The first-order valence-corrected chi connectivity index (χ1v) is 10.4. The van der Waals surface area contributed by atoms with Crippen molar-refractivity contribution in [2.75, 3.05) is 7.05 Å². The third kappa shape index (κ3) is 3.93. The molecule has 0 aromatic heterocycles. The molecule has 0 saturated carbocycles. The fourth-order valence-electron chi connectivity index (χ4n) is 3.61. The first kappa shape index (κ1) is 22.8. The molecule has 2 atom stereocenters. The minimum absolute atomic E-state index is 0.0339. The van der Waals surface area contributed by atoms with Crippen LogP contribution >= 0.6 is 10.2 Å². The fourth-order valence-corrected chi connectivity index (χ4v) is 4.30. The fraction of sp³-hybridized carbons (Fsp3) is 0.222. The largest absolute Gasteiger partial charge is 0.345 e. The number of hydrogen-bond donors (Lipinski definition) is 2. The van der Waals surface area contributed by atoms with Gasteiger partial charge in [-0.05, 0) is 24.6 Å². The second kappa shape index (κ2) is 6.11. The maximum absolute atomic E-state index is 14.6. The van der Waals surface area contributed by atoms with E-state index in [1.165, 1.54) is 0 Å². The number of rotatable bonds is 3. The predicted molar refractivity (Wildman–Crippen MR) is 97.9 cm³/mol. The van der Waals surface area contributed by atoms with Gasteiger partial charge in [-0.1, -0.05) is 31.6 Å². The molecule has 0 spiro atoms. The molecule has 3 rings (SSSR count). The van der Waals surface area contributed by atoms with E-state index < -0.39 is 67.0 Å². The number of carbonyl (C=O) groups is 1. The highest BCUT2D eigenvalue weighted by Gasteiger charge is 2.65. The van der Waals surface area contributed by atoms with Crippen molar-refractivity contribution in [2.45, 2.75) is 23.3 Å². The Morgan fingerprint density at radius 3 is 2.10 bits per heavy atom. The molecule has 0 aliphatic carbocycles. The van der Waals surface area contributed by atoms with Gasteiger partial charge in [-0.2, -0.15) is 0 Å². The van der Waals surface area contributed by atoms with E-state index in [-0.39, 0.29) is 12.1 Å². The van der Waals surface area contributed by atoms with E-state index >= 15 is 0 Å². The van der Waals surface area contributed by atoms with Gasteiger partial charge in [-0.15, -0.1) is 0 Å². The summed E-state index contributed by atoms with van der Waals surface area (Å²) in [7, 11) is -9.08. The maximum atomic E-state index is 14.6. The Balaban J connectivity index is 2.31. The van der Waals surface area contributed by atoms with Crippen molar-refractivity contribution in [3.05, 3.63) is 65.0 Å². The number of benzene rings is 2. The van der Waals surface area contributed by atoms with E-state index in [2.05, 4.69) is 5.32 Å². The van der Waals surface area contributed by atoms with Gasteiger partial charge in [0, 0.05) is 24.7 Å². The summed E-state index contributed by atoms with van der Waals surface area (Å²) in [6, 6.07) is 2.28. The molecular weight excluding hydrogens is 458 g/mol. The van der Waals surface area contributed by atoms with Crippen LogP contribution in [0.4, 0.5) is 32.6 Å². The molecule has 0 unspecified atom stereocenters. The molecule has 2 aromatic rings. The summed E-state index contributed by atoms with van der Waals surface area (Å²) < 4.78 is 109. The maximum Gasteiger partial charge on any atom is 0.310 e. The standard InChI is InChI=1S/C18H15F8N3OS/c1-18(15-12(20)7-10(19)8-13(15)21)14(16(30)29(2)17(27)28-18)9-4-3-5-11(6-9)31(22,23,24,25)26/h3-8,14H,1-2H3,(H2,27,28)/t14-,18-/m0/s1. The van der Waals surface area contributed by atoms with Crippen LogP contribution in [0.1, 0.15) is 24.0 Å². The molecule has 1 fully saturated rings. The van der Waals surface area contributed by atoms with Gasteiger partial charge in [0.25, 0.3) is 0 Å². The van der Waals surface area contributed by atoms with Crippen LogP contribution in [-0.2, 0) is 10.3 Å². The van der Waals surface area contributed by atoms with Gasteiger partial charge in [-0.3, -0.25) is 15.1 Å². The zero-order valence-electron chi connectivity index (χ0n) is 15.8. The first-order valence-electron chi connectivity index (χ1n) is 8.48. The first-order chi connectivity index (χ1) is 13.8.